The van der Waals surface area contributed by atoms with Crippen molar-refractivity contribution in [3.8, 4) is 0 Å². The van der Waals surface area contributed by atoms with E-state index < -0.39 is 12.4 Å². The summed E-state index contributed by atoms with van der Waals surface area (Å²) < 4.78 is 11.1. The van der Waals surface area contributed by atoms with Crippen LogP contribution >= 0.6 is 24.0 Å². The lowest BCUT2D eigenvalue weighted by Crippen LogP contribution is -2.40. The van der Waals surface area contributed by atoms with E-state index in [-0.39, 0.29) is 0 Å². The maximum atomic E-state index is 9.73. The summed E-state index contributed by atoms with van der Waals surface area (Å²) in [4.78, 5) is 0. The van der Waals surface area contributed by atoms with Crippen LogP contribution in [0.4, 0.5) is 0 Å². The van der Waals surface area contributed by atoms with Gasteiger partial charge in [0.2, 0.25) is 0 Å². The van der Waals surface area contributed by atoms with Gasteiger partial charge in [-0.1, -0.05) is 12.2 Å². The standard InChI is InChI=1S/C9H19NO3S2/c1-4-12-8(13-5-2)7(11)6-10-9(14)15-3/h7-8,11H,4-6H2,1-3H3,(H,10,14). The molecule has 0 bridgehead atoms. The molecule has 0 aromatic carbocycles. The van der Waals surface area contributed by atoms with Gasteiger partial charge in [-0.05, 0) is 20.1 Å². The molecule has 4 nitrogen and oxygen atoms in total. The molecule has 0 aliphatic heterocycles. The summed E-state index contributed by atoms with van der Waals surface area (Å²) in [7, 11) is 0. The highest BCUT2D eigenvalue weighted by Gasteiger charge is 2.19. The van der Waals surface area contributed by atoms with Crippen molar-refractivity contribution in [2.24, 2.45) is 0 Å². The van der Waals surface area contributed by atoms with E-state index in [0.717, 1.165) is 0 Å². The molecule has 0 amide bonds. The summed E-state index contributed by atoms with van der Waals surface area (Å²) in [6.07, 6.45) is 0.580. The van der Waals surface area contributed by atoms with Gasteiger partial charge in [0.25, 0.3) is 0 Å². The Labute approximate surface area is 101 Å². The zero-order chi connectivity index (χ0) is 11.7. The van der Waals surface area contributed by atoms with Crippen LogP contribution in [-0.4, -0.2) is 47.8 Å². The number of aliphatic hydroxyl groups excluding tert-OH is 1. The molecular formula is C9H19NO3S2. The summed E-state index contributed by atoms with van der Waals surface area (Å²) in [6.45, 7) is 5.07. The Bertz CT molecular complexity index is 175. The molecule has 0 rings (SSSR count). The van der Waals surface area contributed by atoms with Crippen LogP contribution in [0.15, 0.2) is 0 Å². The third kappa shape index (κ3) is 7.08. The van der Waals surface area contributed by atoms with Gasteiger partial charge in [0.1, 0.15) is 10.4 Å². The molecule has 2 N–H and O–H groups in total. The number of hydrogen-bond donors (Lipinski definition) is 2. The molecule has 1 atom stereocenters. The van der Waals surface area contributed by atoms with E-state index in [2.05, 4.69) is 5.32 Å². The van der Waals surface area contributed by atoms with Gasteiger partial charge in [0.15, 0.2) is 6.29 Å². The summed E-state index contributed by atoms with van der Waals surface area (Å²) in [6, 6.07) is 0. The van der Waals surface area contributed by atoms with E-state index in [0.29, 0.717) is 24.1 Å². The van der Waals surface area contributed by atoms with Gasteiger partial charge in [-0.2, -0.15) is 0 Å². The Balaban J connectivity index is 3.89. The van der Waals surface area contributed by atoms with Gasteiger partial charge in [-0.25, -0.2) is 0 Å². The first kappa shape index (κ1) is 15.1. The molecule has 0 fully saturated rings. The van der Waals surface area contributed by atoms with Crippen LogP contribution < -0.4 is 5.32 Å². The van der Waals surface area contributed by atoms with Crippen molar-refractivity contribution in [2.75, 3.05) is 26.0 Å². The van der Waals surface area contributed by atoms with Crippen molar-refractivity contribution in [1.29, 1.82) is 0 Å². The van der Waals surface area contributed by atoms with Crippen LogP contribution in [0.1, 0.15) is 13.8 Å². The molecule has 15 heavy (non-hydrogen) atoms. The van der Waals surface area contributed by atoms with Gasteiger partial charge in [-0.15, -0.1) is 11.8 Å². The lowest BCUT2D eigenvalue weighted by Gasteiger charge is -2.22. The Morgan fingerprint density at radius 1 is 1.40 bits per heavy atom. The predicted molar refractivity (Wildman–Crippen MR) is 67.2 cm³/mol. The minimum atomic E-state index is -0.713. The lowest BCUT2D eigenvalue weighted by molar-refractivity contribution is -0.187. The third-order valence-corrected chi connectivity index (χ3v) is 2.78. The van der Waals surface area contributed by atoms with E-state index in [1.807, 2.05) is 20.1 Å². The molecule has 0 aliphatic rings. The first-order valence-corrected chi connectivity index (χ1v) is 6.52. The maximum absolute atomic E-state index is 9.73. The SMILES string of the molecule is CCOC(OCC)C(O)CNC(=S)SC. The second-order valence-corrected chi connectivity index (χ2v) is 4.20. The molecule has 0 spiro atoms. The van der Waals surface area contributed by atoms with Crippen molar-refractivity contribution in [1.82, 2.24) is 5.32 Å². The number of aliphatic hydroxyl groups is 1. The van der Waals surface area contributed by atoms with Gasteiger partial charge in [0.05, 0.1) is 0 Å². The number of thiocarbonyl (C=S) groups is 1. The summed E-state index contributed by atoms with van der Waals surface area (Å²) in [5.41, 5.74) is 0. The van der Waals surface area contributed by atoms with Crippen molar-refractivity contribution < 1.29 is 14.6 Å². The minimum Gasteiger partial charge on any atom is -0.386 e. The van der Waals surface area contributed by atoms with E-state index in [1.54, 1.807) is 0 Å². The smallest absolute Gasteiger partial charge is 0.185 e. The minimum absolute atomic E-state index is 0.338. The van der Waals surface area contributed by atoms with Crippen LogP contribution in [0.5, 0.6) is 0 Å². The van der Waals surface area contributed by atoms with Gasteiger partial charge in [0, 0.05) is 19.8 Å². The molecule has 0 saturated carbocycles. The quantitative estimate of drug-likeness (QED) is 0.521. The largest absolute Gasteiger partial charge is 0.386 e. The number of ether oxygens (including phenoxy) is 2. The molecule has 0 aromatic rings. The lowest BCUT2D eigenvalue weighted by atomic mass is 10.3. The molecule has 0 saturated heterocycles. The van der Waals surface area contributed by atoms with E-state index in [4.69, 9.17) is 21.7 Å². The number of thioether (sulfide) groups is 1. The first-order chi connectivity index (χ1) is 7.15. The van der Waals surface area contributed by atoms with Crippen molar-refractivity contribution >= 4 is 28.3 Å². The van der Waals surface area contributed by atoms with Crippen molar-refractivity contribution in [3.05, 3.63) is 0 Å². The fourth-order valence-corrected chi connectivity index (χ4v) is 1.27. The van der Waals surface area contributed by atoms with Crippen LogP contribution in [0, 0.1) is 0 Å². The van der Waals surface area contributed by atoms with E-state index >= 15 is 0 Å². The normalized spacial score (nSPS) is 12.9. The number of rotatable bonds is 7. The number of nitrogens with one attached hydrogen (secondary N) is 1. The van der Waals surface area contributed by atoms with Crippen LogP contribution in [-0.2, 0) is 9.47 Å². The predicted octanol–water partition coefficient (Wildman–Crippen LogP) is 0.984. The topological polar surface area (TPSA) is 50.7 Å². The highest BCUT2D eigenvalue weighted by Crippen LogP contribution is 2.02. The summed E-state index contributed by atoms with van der Waals surface area (Å²) >= 11 is 6.38. The molecule has 90 valence electrons. The summed E-state index contributed by atoms with van der Waals surface area (Å²) in [5.74, 6) is 0. The van der Waals surface area contributed by atoms with Crippen molar-refractivity contribution in [2.45, 2.75) is 26.2 Å². The monoisotopic (exact) mass is 253 g/mol. The van der Waals surface area contributed by atoms with E-state index in [9.17, 15) is 5.11 Å². The molecule has 0 heterocycles. The highest BCUT2D eigenvalue weighted by molar-refractivity contribution is 8.22. The van der Waals surface area contributed by atoms with Gasteiger partial charge < -0.3 is 19.9 Å². The van der Waals surface area contributed by atoms with Crippen LogP contribution in [0.2, 0.25) is 0 Å². The van der Waals surface area contributed by atoms with E-state index in [1.165, 1.54) is 11.8 Å². The molecule has 1 unspecified atom stereocenters. The molecule has 6 heteroatoms. The molecular weight excluding hydrogens is 234 g/mol. The Morgan fingerprint density at radius 2 is 1.93 bits per heavy atom. The molecule has 0 aliphatic carbocycles. The Kier molecular flexibility index (Phi) is 9.43. The second kappa shape index (κ2) is 9.35. The fourth-order valence-electron chi connectivity index (χ4n) is 0.955. The van der Waals surface area contributed by atoms with Gasteiger partial charge in [-0.3, -0.25) is 0 Å². The highest BCUT2D eigenvalue weighted by atomic mass is 32.2. The average Bonchev–Trinajstić information content (AvgIpc) is 2.25. The van der Waals surface area contributed by atoms with Crippen molar-refractivity contribution in [3.63, 3.8) is 0 Å². The fraction of sp³-hybridized carbons (Fsp3) is 0.889. The molecule has 0 aromatic heterocycles. The third-order valence-electron chi connectivity index (χ3n) is 1.62. The first-order valence-electron chi connectivity index (χ1n) is 4.88. The molecule has 0 radical (unpaired) electrons. The van der Waals surface area contributed by atoms with Crippen LogP contribution in [0.25, 0.3) is 0 Å². The van der Waals surface area contributed by atoms with Crippen LogP contribution in [0.3, 0.4) is 0 Å². The second-order valence-electron chi connectivity index (χ2n) is 2.72. The number of hydrogen-bond acceptors (Lipinski definition) is 5. The Morgan fingerprint density at radius 3 is 2.33 bits per heavy atom. The maximum Gasteiger partial charge on any atom is 0.185 e. The summed E-state index contributed by atoms with van der Waals surface area (Å²) in [5, 5.41) is 12.6. The Hall–Kier alpha value is 0.120. The average molecular weight is 253 g/mol. The zero-order valence-electron chi connectivity index (χ0n) is 9.36. The van der Waals surface area contributed by atoms with Gasteiger partial charge >= 0.3 is 0 Å². The zero-order valence-corrected chi connectivity index (χ0v) is 11.0.